The van der Waals surface area contributed by atoms with Crippen LogP contribution in [0.2, 0.25) is 0 Å². The fourth-order valence-corrected chi connectivity index (χ4v) is 1.70. The highest BCUT2D eigenvalue weighted by molar-refractivity contribution is 5.88. The Labute approximate surface area is 117 Å². The summed E-state index contributed by atoms with van der Waals surface area (Å²) in [6.45, 7) is 2.86. The number of rotatable bonds is 5. The third-order valence-corrected chi connectivity index (χ3v) is 2.61. The van der Waals surface area contributed by atoms with E-state index in [9.17, 15) is 4.79 Å². The Balaban J connectivity index is 1.67. The number of hydrogen-bond donors (Lipinski definition) is 2. The van der Waals surface area contributed by atoms with E-state index < -0.39 is 0 Å². The van der Waals surface area contributed by atoms with Crippen LogP contribution in [0.4, 0.5) is 10.5 Å². The highest BCUT2D eigenvalue weighted by Gasteiger charge is 2.02. The first-order valence-electron chi connectivity index (χ1n) is 6.36. The molecule has 2 N–H and O–H groups in total. The summed E-state index contributed by atoms with van der Waals surface area (Å²) in [7, 11) is 1.79. The molecule has 0 bridgehead atoms. The SMILES string of the molecule is Cc1cccc(OCCNC(=O)Nc2cnn(C)c2)c1. The van der Waals surface area contributed by atoms with Gasteiger partial charge in [-0.15, -0.1) is 0 Å². The average Bonchev–Trinajstić information content (AvgIpc) is 2.80. The van der Waals surface area contributed by atoms with E-state index in [1.54, 1.807) is 24.1 Å². The fraction of sp³-hybridized carbons (Fsp3) is 0.286. The van der Waals surface area contributed by atoms with Gasteiger partial charge in [0.15, 0.2) is 0 Å². The third kappa shape index (κ3) is 4.31. The van der Waals surface area contributed by atoms with Crippen LogP contribution in [-0.4, -0.2) is 29.0 Å². The summed E-state index contributed by atoms with van der Waals surface area (Å²) in [5.74, 6) is 0.805. The van der Waals surface area contributed by atoms with Gasteiger partial charge in [0.2, 0.25) is 0 Å². The van der Waals surface area contributed by atoms with Crippen molar-refractivity contribution in [1.82, 2.24) is 15.1 Å². The number of carbonyl (C=O) groups is 1. The molecule has 0 aliphatic rings. The lowest BCUT2D eigenvalue weighted by atomic mass is 10.2. The van der Waals surface area contributed by atoms with Crippen molar-refractivity contribution in [3.8, 4) is 5.75 Å². The first-order valence-corrected chi connectivity index (χ1v) is 6.36. The minimum Gasteiger partial charge on any atom is -0.492 e. The average molecular weight is 274 g/mol. The van der Waals surface area contributed by atoms with Gasteiger partial charge >= 0.3 is 6.03 Å². The predicted molar refractivity (Wildman–Crippen MR) is 76.9 cm³/mol. The Morgan fingerprint density at radius 2 is 2.30 bits per heavy atom. The molecule has 106 valence electrons. The quantitative estimate of drug-likeness (QED) is 0.819. The number of ether oxygens (including phenoxy) is 1. The van der Waals surface area contributed by atoms with Crippen molar-refractivity contribution in [2.24, 2.45) is 7.05 Å². The zero-order valence-electron chi connectivity index (χ0n) is 11.6. The minimum absolute atomic E-state index is 0.272. The molecule has 0 atom stereocenters. The Kier molecular flexibility index (Phi) is 4.60. The van der Waals surface area contributed by atoms with Gasteiger partial charge in [-0.2, -0.15) is 5.10 Å². The van der Waals surface area contributed by atoms with Crippen molar-refractivity contribution >= 4 is 11.7 Å². The van der Waals surface area contributed by atoms with Gasteiger partial charge < -0.3 is 15.4 Å². The van der Waals surface area contributed by atoms with Crippen molar-refractivity contribution in [3.63, 3.8) is 0 Å². The van der Waals surface area contributed by atoms with Crippen molar-refractivity contribution < 1.29 is 9.53 Å². The zero-order valence-corrected chi connectivity index (χ0v) is 11.6. The van der Waals surface area contributed by atoms with Crippen LogP contribution in [0.25, 0.3) is 0 Å². The number of anilines is 1. The Morgan fingerprint density at radius 1 is 1.45 bits per heavy atom. The minimum atomic E-state index is -0.272. The summed E-state index contributed by atoms with van der Waals surface area (Å²) in [6.07, 6.45) is 3.31. The standard InChI is InChI=1S/C14H18N4O2/c1-11-4-3-5-13(8-11)20-7-6-15-14(19)17-12-9-16-18(2)10-12/h3-5,8-10H,6-7H2,1-2H3,(H2,15,17,19). The summed E-state index contributed by atoms with van der Waals surface area (Å²) >= 11 is 0. The lowest BCUT2D eigenvalue weighted by molar-refractivity contribution is 0.247. The topological polar surface area (TPSA) is 68.2 Å². The molecule has 0 spiro atoms. The highest BCUT2D eigenvalue weighted by Crippen LogP contribution is 2.11. The van der Waals surface area contributed by atoms with Crippen LogP contribution in [-0.2, 0) is 7.05 Å². The molecule has 0 aliphatic heterocycles. The molecule has 6 heteroatoms. The van der Waals surface area contributed by atoms with Gasteiger partial charge in [0, 0.05) is 13.2 Å². The van der Waals surface area contributed by atoms with Crippen LogP contribution in [0.5, 0.6) is 5.75 Å². The summed E-state index contributed by atoms with van der Waals surface area (Å²) in [5.41, 5.74) is 1.80. The summed E-state index contributed by atoms with van der Waals surface area (Å²) in [6, 6.07) is 7.52. The molecule has 0 fully saturated rings. The van der Waals surface area contributed by atoms with E-state index in [1.165, 1.54) is 0 Å². The summed E-state index contributed by atoms with van der Waals surface area (Å²) < 4.78 is 7.15. The molecule has 1 aromatic heterocycles. The first-order chi connectivity index (χ1) is 9.63. The van der Waals surface area contributed by atoms with Crippen LogP contribution < -0.4 is 15.4 Å². The van der Waals surface area contributed by atoms with Gasteiger partial charge in [0.25, 0.3) is 0 Å². The van der Waals surface area contributed by atoms with E-state index in [0.29, 0.717) is 18.8 Å². The number of urea groups is 1. The second kappa shape index (κ2) is 6.60. The zero-order chi connectivity index (χ0) is 14.4. The first kappa shape index (κ1) is 13.9. The largest absolute Gasteiger partial charge is 0.492 e. The van der Waals surface area contributed by atoms with Crippen LogP contribution in [0.1, 0.15) is 5.56 Å². The molecule has 1 aromatic carbocycles. The second-order valence-electron chi connectivity index (χ2n) is 4.45. The molecule has 2 rings (SSSR count). The number of benzene rings is 1. The monoisotopic (exact) mass is 274 g/mol. The van der Waals surface area contributed by atoms with Gasteiger partial charge in [0.1, 0.15) is 12.4 Å². The van der Waals surface area contributed by atoms with Crippen LogP contribution in [0, 0.1) is 6.92 Å². The van der Waals surface area contributed by atoms with Crippen LogP contribution in [0.15, 0.2) is 36.7 Å². The molecule has 0 aliphatic carbocycles. The number of nitrogens with one attached hydrogen (secondary N) is 2. The lowest BCUT2D eigenvalue weighted by Crippen LogP contribution is -2.32. The number of carbonyl (C=O) groups excluding carboxylic acids is 1. The van der Waals surface area contributed by atoms with E-state index in [2.05, 4.69) is 15.7 Å². The molecule has 0 radical (unpaired) electrons. The number of aryl methyl sites for hydroxylation is 2. The highest BCUT2D eigenvalue weighted by atomic mass is 16.5. The van der Waals surface area contributed by atoms with Crippen LogP contribution in [0.3, 0.4) is 0 Å². The molecule has 20 heavy (non-hydrogen) atoms. The van der Waals surface area contributed by atoms with Gasteiger partial charge in [-0.3, -0.25) is 4.68 Å². The summed E-state index contributed by atoms with van der Waals surface area (Å²) in [4.78, 5) is 11.6. The molecular formula is C14H18N4O2. The molecule has 2 aromatic rings. The molecule has 1 heterocycles. The van der Waals surface area contributed by atoms with E-state index >= 15 is 0 Å². The van der Waals surface area contributed by atoms with Gasteiger partial charge in [-0.05, 0) is 24.6 Å². The van der Waals surface area contributed by atoms with Crippen molar-refractivity contribution in [2.45, 2.75) is 6.92 Å². The fourth-order valence-electron chi connectivity index (χ4n) is 1.70. The number of hydrogen-bond acceptors (Lipinski definition) is 3. The maximum atomic E-state index is 11.6. The molecular weight excluding hydrogens is 256 g/mol. The van der Waals surface area contributed by atoms with Crippen molar-refractivity contribution in [3.05, 3.63) is 42.2 Å². The van der Waals surface area contributed by atoms with Gasteiger partial charge in [-0.25, -0.2) is 4.79 Å². The maximum Gasteiger partial charge on any atom is 0.319 e. The molecule has 2 amide bonds. The summed E-state index contributed by atoms with van der Waals surface area (Å²) in [5, 5.41) is 9.36. The normalized spacial score (nSPS) is 10.1. The number of aromatic nitrogens is 2. The smallest absolute Gasteiger partial charge is 0.319 e. The van der Waals surface area contributed by atoms with Crippen molar-refractivity contribution in [1.29, 1.82) is 0 Å². The van der Waals surface area contributed by atoms with Gasteiger partial charge in [0.05, 0.1) is 18.4 Å². The van der Waals surface area contributed by atoms with Gasteiger partial charge in [-0.1, -0.05) is 12.1 Å². The van der Waals surface area contributed by atoms with E-state index in [4.69, 9.17) is 4.74 Å². The molecule has 6 nitrogen and oxygen atoms in total. The second-order valence-corrected chi connectivity index (χ2v) is 4.45. The Hall–Kier alpha value is -2.50. The van der Waals surface area contributed by atoms with Crippen LogP contribution >= 0.6 is 0 Å². The Bertz CT molecular complexity index is 580. The lowest BCUT2D eigenvalue weighted by Gasteiger charge is -2.08. The maximum absolute atomic E-state index is 11.6. The number of amides is 2. The van der Waals surface area contributed by atoms with E-state index in [1.807, 2.05) is 31.2 Å². The molecule has 0 saturated heterocycles. The van der Waals surface area contributed by atoms with E-state index in [-0.39, 0.29) is 6.03 Å². The van der Waals surface area contributed by atoms with Crippen molar-refractivity contribution in [2.75, 3.05) is 18.5 Å². The molecule has 0 unspecified atom stereocenters. The Morgan fingerprint density at radius 3 is 3.00 bits per heavy atom. The van der Waals surface area contributed by atoms with E-state index in [0.717, 1.165) is 11.3 Å². The predicted octanol–water partition coefficient (Wildman–Crippen LogP) is 1.93. The molecule has 0 saturated carbocycles. The third-order valence-electron chi connectivity index (χ3n) is 2.61. The number of nitrogens with zero attached hydrogens (tertiary/aromatic N) is 2.